The Hall–Kier alpha value is -3.44. The van der Waals surface area contributed by atoms with Crippen molar-refractivity contribution in [1.82, 2.24) is 24.8 Å². The first kappa shape index (κ1) is 24.8. The van der Waals surface area contributed by atoms with E-state index in [1.165, 1.54) is 0 Å². The molecular weight excluding hydrogens is 431 g/mol. The van der Waals surface area contributed by atoms with Gasteiger partial charge < -0.3 is 19.9 Å². The predicted octanol–water partition coefficient (Wildman–Crippen LogP) is 2.40. The molecule has 0 bridgehead atoms. The number of alkyl halides is 3. The quantitative estimate of drug-likeness (QED) is 0.731. The first-order chi connectivity index (χ1) is 14.9. The SMILES string of the molecule is CC(C)C(=O)N1CCn2cc(C(=O)NCc3cccnc3)nc2C1C.O=C(O)C(F)(F)F. The van der Waals surface area contributed by atoms with Crippen LogP contribution < -0.4 is 5.32 Å². The second kappa shape index (κ2) is 10.2. The molecule has 0 aliphatic carbocycles. The first-order valence-corrected chi connectivity index (χ1v) is 9.76. The Morgan fingerprint density at radius 1 is 1.28 bits per heavy atom. The highest BCUT2D eigenvalue weighted by Crippen LogP contribution is 2.26. The van der Waals surface area contributed by atoms with Crippen LogP contribution in [-0.2, 0) is 22.7 Å². The number of carboxylic acids is 1. The molecule has 0 saturated carbocycles. The normalized spacial score (nSPS) is 15.5. The minimum Gasteiger partial charge on any atom is -0.475 e. The average Bonchev–Trinajstić information content (AvgIpc) is 3.18. The van der Waals surface area contributed by atoms with Crippen LogP contribution in [0.1, 0.15) is 48.7 Å². The highest BCUT2D eigenvalue weighted by molar-refractivity contribution is 5.92. The van der Waals surface area contributed by atoms with E-state index >= 15 is 0 Å². The maximum Gasteiger partial charge on any atom is 0.490 e. The smallest absolute Gasteiger partial charge is 0.475 e. The zero-order valence-electron chi connectivity index (χ0n) is 17.8. The molecule has 174 valence electrons. The van der Waals surface area contributed by atoms with Crippen LogP contribution in [0.25, 0.3) is 0 Å². The molecule has 9 nitrogen and oxygen atoms in total. The van der Waals surface area contributed by atoms with Gasteiger partial charge in [0.15, 0.2) is 0 Å². The number of aliphatic carboxylic acids is 1. The molecule has 1 unspecified atom stereocenters. The molecule has 1 aliphatic rings. The number of carboxylic acid groups (broad SMARTS) is 1. The monoisotopic (exact) mass is 455 g/mol. The standard InChI is InChI=1S/C18H23N5O2.C2HF3O2/c1-12(2)18(25)23-8-7-22-11-15(21-16(22)13(23)3)17(24)20-10-14-5-4-6-19-9-14;3-2(4,5)1(6)7/h4-6,9,11-13H,7-8,10H2,1-3H3,(H,20,24);(H,6,7). The van der Waals surface area contributed by atoms with Gasteiger partial charge in [-0.15, -0.1) is 0 Å². The summed E-state index contributed by atoms with van der Waals surface area (Å²) >= 11 is 0. The number of hydrogen-bond donors (Lipinski definition) is 2. The molecule has 32 heavy (non-hydrogen) atoms. The largest absolute Gasteiger partial charge is 0.490 e. The van der Waals surface area contributed by atoms with Crippen molar-refractivity contribution in [2.45, 2.75) is 46.1 Å². The van der Waals surface area contributed by atoms with Crippen molar-refractivity contribution in [3.63, 3.8) is 0 Å². The van der Waals surface area contributed by atoms with E-state index in [2.05, 4.69) is 15.3 Å². The molecule has 2 N–H and O–H groups in total. The second-order valence-corrected chi connectivity index (χ2v) is 7.39. The number of amides is 2. The molecule has 0 radical (unpaired) electrons. The molecule has 0 fully saturated rings. The molecule has 0 aromatic carbocycles. The van der Waals surface area contributed by atoms with Crippen LogP contribution in [-0.4, -0.2) is 55.0 Å². The van der Waals surface area contributed by atoms with Crippen molar-refractivity contribution in [2.75, 3.05) is 6.54 Å². The number of hydrogen-bond acceptors (Lipinski definition) is 5. The number of halogens is 3. The van der Waals surface area contributed by atoms with Crippen molar-refractivity contribution in [3.05, 3.63) is 47.8 Å². The van der Waals surface area contributed by atoms with Crippen LogP contribution in [0.4, 0.5) is 13.2 Å². The van der Waals surface area contributed by atoms with Crippen LogP contribution in [0.5, 0.6) is 0 Å². The fourth-order valence-electron chi connectivity index (χ4n) is 3.01. The van der Waals surface area contributed by atoms with Gasteiger partial charge in [-0.05, 0) is 18.6 Å². The summed E-state index contributed by atoms with van der Waals surface area (Å²) in [6, 6.07) is 3.60. The lowest BCUT2D eigenvalue weighted by molar-refractivity contribution is -0.192. The van der Waals surface area contributed by atoms with E-state index in [-0.39, 0.29) is 23.8 Å². The summed E-state index contributed by atoms with van der Waals surface area (Å²) in [5.74, 6) is -2.16. The van der Waals surface area contributed by atoms with Crippen molar-refractivity contribution in [3.8, 4) is 0 Å². The Morgan fingerprint density at radius 2 is 1.94 bits per heavy atom. The van der Waals surface area contributed by atoms with Crippen molar-refractivity contribution >= 4 is 17.8 Å². The van der Waals surface area contributed by atoms with Crippen LogP contribution in [0.15, 0.2) is 30.7 Å². The van der Waals surface area contributed by atoms with Gasteiger partial charge in [0.25, 0.3) is 5.91 Å². The second-order valence-electron chi connectivity index (χ2n) is 7.39. The topological polar surface area (TPSA) is 117 Å². The maximum atomic E-state index is 12.4. The summed E-state index contributed by atoms with van der Waals surface area (Å²) in [7, 11) is 0. The Morgan fingerprint density at radius 3 is 2.47 bits per heavy atom. The average molecular weight is 455 g/mol. The predicted molar refractivity (Wildman–Crippen MR) is 106 cm³/mol. The lowest BCUT2D eigenvalue weighted by Crippen LogP contribution is -2.42. The van der Waals surface area contributed by atoms with Gasteiger partial charge in [0.05, 0.1) is 6.04 Å². The zero-order chi connectivity index (χ0) is 24.1. The lowest BCUT2D eigenvalue weighted by Gasteiger charge is -2.34. The zero-order valence-corrected chi connectivity index (χ0v) is 17.8. The lowest BCUT2D eigenvalue weighted by atomic mass is 10.1. The molecule has 12 heteroatoms. The van der Waals surface area contributed by atoms with E-state index in [0.717, 1.165) is 11.4 Å². The Kier molecular flexibility index (Phi) is 7.95. The number of rotatable bonds is 4. The Balaban J connectivity index is 0.000000451. The van der Waals surface area contributed by atoms with Gasteiger partial charge >= 0.3 is 12.1 Å². The number of nitrogens with one attached hydrogen (secondary N) is 1. The van der Waals surface area contributed by atoms with Crippen LogP contribution >= 0.6 is 0 Å². The molecule has 0 saturated heterocycles. The molecule has 2 amide bonds. The van der Waals surface area contributed by atoms with Gasteiger partial charge in [-0.2, -0.15) is 13.2 Å². The third-order valence-electron chi connectivity index (χ3n) is 4.66. The fourth-order valence-corrected chi connectivity index (χ4v) is 3.01. The van der Waals surface area contributed by atoms with E-state index in [1.807, 2.05) is 42.4 Å². The Labute approximate surface area is 182 Å². The van der Waals surface area contributed by atoms with Gasteiger partial charge in [-0.25, -0.2) is 9.78 Å². The van der Waals surface area contributed by atoms with Gasteiger partial charge in [0, 0.05) is 44.1 Å². The number of imidazole rings is 1. The summed E-state index contributed by atoms with van der Waals surface area (Å²) in [5, 5.41) is 9.98. The van der Waals surface area contributed by atoms with Crippen molar-refractivity contribution in [2.24, 2.45) is 5.92 Å². The number of aromatic nitrogens is 3. The number of carbonyl (C=O) groups excluding carboxylic acids is 2. The number of carbonyl (C=O) groups is 3. The minimum absolute atomic E-state index is 0.0498. The summed E-state index contributed by atoms with van der Waals surface area (Å²) in [6.07, 6.45) is 0.0951. The molecule has 1 aliphatic heterocycles. The minimum atomic E-state index is -5.08. The Bertz CT molecular complexity index is 960. The van der Waals surface area contributed by atoms with Crippen molar-refractivity contribution < 1.29 is 32.7 Å². The number of pyridine rings is 1. The van der Waals surface area contributed by atoms with E-state index in [0.29, 0.717) is 25.3 Å². The number of fused-ring (bicyclic) bond motifs is 1. The molecule has 3 heterocycles. The molecule has 2 aromatic rings. The summed E-state index contributed by atoms with van der Waals surface area (Å²) in [5.41, 5.74) is 1.31. The third kappa shape index (κ3) is 6.28. The molecule has 2 aromatic heterocycles. The van der Waals surface area contributed by atoms with Crippen molar-refractivity contribution in [1.29, 1.82) is 0 Å². The number of nitrogens with zero attached hydrogens (tertiary/aromatic N) is 4. The summed E-state index contributed by atoms with van der Waals surface area (Å²) < 4.78 is 33.7. The third-order valence-corrected chi connectivity index (χ3v) is 4.66. The summed E-state index contributed by atoms with van der Waals surface area (Å²) in [4.78, 5) is 43.9. The van der Waals surface area contributed by atoms with E-state index < -0.39 is 12.1 Å². The molecule has 0 spiro atoms. The van der Waals surface area contributed by atoms with Gasteiger partial charge in [0.2, 0.25) is 5.91 Å². The van der Waals surface area contributed by atoms with E-state index in [4.69, 9.17) is 9.90 Å². The van der Waals surface area contributed by atoms with Crippen LogP contribution in [0.2, 0.25) is 0 Å². The first-order valence-electron chi connectivity index (χ1n) is 9.76. The molecular formula is C20H24F3N5O4. The molecule has 1 atom stereocenters. The van der Waals surface area contributed by atoms with Gasteiger partial charge in [-0.1, -0.05) is 19.9 Å². The van der Waals surface area contributed by atoms with Gasteiger partial charge in [0.1, 0.15) is 11.5 Å². The fraction of sp³-hybridized carbons (Fsp3) is 0.450. The maximum absolute atomic E-state index is 12.4. The highest BCUT2D eigenvalue weighted by Gasteiger charge is 2.38. The highest BCUT2D eigenvalue weighted by atomic mass is 19.4. The summed E-state index contributed by atoms with van der Waals surface area (Å²) in [6.45, 7) is 7.44. The van der Waals surface area contributed by atoms with E-state index in [9.17, 15) is 22.8 Å². The van der Waals surface area contributed by atoms with Crippen LogP contribution in [0.3, 0.4) is 0 Å². The molecule has 3 rings (SSSR count). The van der Waals surface area contributed by atoms with Gasteiger partial charge in [-0.3, -0.25) is 14.6 Å². The van der Waals surface area contributed by atoms with Crippen LogP contribution in [0, 0.1) is 5.92 Å². The van der Waals surface area contributed by atoms with E-state index in [1.54, 1.807) is 18.6 Å².